The smallest absolute Gasteiger partial charge is 0.408 e. The van der Waals surface area contributed by atoms with E-state index >= 15 is 0 Å². The third kappa shape index (κ3) is 30.0. The van der Waals surface area contributed by atoms with E-state index in [0.29, 0.717) is 17.1 Å². The molecule has 34 heteroatoms. The molecule has 0 bridgehead atoms. The van der Waals surface area contributed by atoms with Gasteiger partial charge in [0.1, 0.15) is 44.6 Å². The first-order chi connectivity index (χ1) is 49.0. The number of aliphatic hydroxyl groups is 1. The number of amides is 5. The molecule has 0 aliphatic carbocycles. The summed E-state index contributed by atoms with van der Waals surface area (Å²) in [5.74, 6) is -3.72. The Labute approximate surface area is 668 Å². The molecule has 0 saturated heterocycles. The number of carbonyl (C=O) groups excluding carboxylic acids is 9. The molecule has 29 nitrogen and oxygen atoms in total. The van der Waals surface area contributed by atoms with Crippen LogP contribution < -0.4 is 32.3 Å². The number of nitrogens with zero attached hydrogens (tertiary/aromatic N) is 6. The van der Waals surface area contributed by atoms with Crippen molar-refractivity contribution < 1.29 is 103 Å². The minimum atomic E-state index is -1.16. The topological polar surface area (TPSA) is 423 Å². The predicted octanol–water partition coefficient (Wildman–Crippen LogP) is 9.06. The van der Waals surface area contributed by atoms with Crippen molar-refractivity contribution >= 4 is 156 Å². The van der Waals surface area contributed by atoms with Crippen LogP contribution in [-0.4, -0.2) is 137 Å². The van der Waals surface area contributed by atoms with Crippen LogP contribution in [0.2, 0.25) is 0 Å². The average molecular weight is 1670 g/mol. The van der Waals surface area contributed by atoms with Crippen LogP contribution in [0.1, 0.15) is 55.5 Å². The Hall–Kier alpha value is -11.0. The number of hydrogen-bond donors (Lipinski definition) is 7. The first kappa shape index (κ1) is 96.1. The van der Waals surface area contributed by atoms with Crippen LogP contribution in [0.4, 0.5) is 26.7 Å². The number of aryl methyl sites for hydroxylation is 3. The molecule has 0 spiro atoms. The maximum atomic E-state index is 13.0. The van der Waals surface area contributed by atoms with Crippen LogP contribution in [0.25, 0.3) is 49.8 Å². The largest absolute Gasteiger partial charge is 0.464 e. The van der Waals surface area contributed by atoms with Crippen LogP contribution in [0.3, 0.4) is 0 Å². The Morgan fingerprint density at radius 3 is 1.07 bits per heavy atom. The molecule has 0 unspecified atom stereocenters. The normalized spacial score (nSPS) is 10.7. The monoisotopic (exact) mass is 1660 g/mol. The number of fused-ring (bicyclic) bond motifs is 3. The second-order valence-electron chi connectivity index (χ2n) is 23.0. The number of alkyl carbamates (subject to hydrolysis) is 2. The van der Waals surface area contributed by atoms with Crippen molar-refractivity contribution in [3.63, 3.8) is 0 Å². The second kappa shape index (κ2) is 47.7. The van der Waals surface area contributed by atoms with Gasteiger partial charge in [-0.15, -0.1) is 12.4 Å². The van der Waals surface area contributed by atoms with Gasteiger partial charge in [0.15, 0.2) is 0 Å². The molecule has 0 aliphatic heterocycles. The van der Waals surface area contributed by atoms with Crippen LogP contribution in [0, 0.1) is 20.8 Å². The van der Waals surface area contributed by atoms with Crippen molar-refractivity contribution in [1.82, 2.24) is 40.0 Å². The minimum absolute atomic E-state index is 0. The van der Waals surface area contributed by atoms with E-state index in [0.717, 1.165) is 77.6 Å². The van der Waals surface area contributed by atoms with E-state index in [4.69, 9.17) is 24.7 Å². The molecule has 11 aromatic rings. The molecule has 3 aromatic heterocycles. The fourth-order valence-corrected chi connectivity index (χ4v) is 9.76. The third-order valence-electron chi connectivity index (χ3n) is 14.6. The summed E-state index contributed by atoms with van der Waals surface area (Å²) in [5, 5.41) is 38.9. The number of benzene rings is 8. The number of nitrogens with two attached hydrogens (primary N) is 1. The van der Waals surface area contributed by atoms with Crippen LogP contribution in [0.5, 0.6) is 0 Å². The quantitative estimate of drug-likeness (QED) is 0.0162. The molecule has 8 aromatic carbocycles. The number of nitrogens with one attached hydrogen (secondary N) is 5. The molecule has 584 valence electrons. The Bertz CT molecular complexity index is 4800. The predicted molar refractivity (Wildman–Crippen MR) is 427 cm³/mol. The Morgan fingerprint density at radius 1 is 0.422 bits per heavy atom. The molecule has 109 heavy (non-hydrogen) atoms. The number of aliphatic hydroxyl groups excluding tert-OH is 1. The summed E-state index contributed by atoms with van der Waals surface area (Å²) in [4.78, 5) is 104. The number of anilines is 3. The number of halogens is 1. The van der Waals surface area contributed by atoms with Gasteiger partial charge < -0.3 is 72.1 Å². The van der Waals surface area contributed by atoms with Gasteiger partial charge in [-0.1, -0.05) is 97.1 Å². The molecule has 3 atom stereocenters. The van der Waals surface area contributed by atoms with E-state index in [2.05, 4.69) is 46.6 Å². The molecule has 5 amide bonds. The summed E-state index contributed by atoms with van der Waals surface area (Å²) in [6.07, 6.45) is 3.68. The van der Waals surface area contributed by atoms with Gasteiger partial charge in [0, 0.05) is 81.3 Å². The standard InChI is InChI=1S/C27H26N4O5.C25H24N4O4.C19H20N4O3.C4H6O3.ClH.2H2O.Pd.3H2S/c1-18-7-6-10-23(13-18)31-25-14-22(12-11-21(25)15-28-31)29-26(33)24(17-35-19(2)32)30-27(34)36-16-20-8-4-3-5-9-20;1-17-6-5-9-21(12-17)29-23-13-20(11-10-19(23)14-26-29)27-24(31)22(15-30)28-25(32)33-16-18-7-3-2-4-8-18;1-12-4-3-5-16(8-12)23-18-9-15(7-6-14(18)10-21-23)22-19(25)17(20)11-26-13(2)24;1-3(5)7-4(2)6;;;;;;;/h3-15,24H,16-17H2,1-2H3,(H,29,33)(H,30,34);2-14,22,30H,15-16H2,1H3,(H,27,31)(H,28,32);3-10,17H,11,20H2,1-2H3,(H,22,25);1-2H3;1H;2*1H2;;3*1H2/t24-;22-;17-;;;;;;;;/m000......../s1. The van der Waals surface area contributed by atoms with E-state index in [-0.39, 0.29) is 111 Å². The van der Waals surface area contributed by atoms with E-state index in [9.17, 15) is 48.3 Å². The van der Waals surface area contributed by atoms with Crippen LogP contribution >= 0.6 is 52.9 Å². The van der Waals surface area contributed by atoms with Crippen molar-refractivity contribution in [2.45, 2.75) is 79.8 Å². The van der Waals surface area contributed by atoms with Crippen LogP contribution in [-0.2, 0) is 90.9 Å². The summed E-state index contributed by atoms with van der Waals surface area (Å²) in [6, 6.07) is 55.1. The van der Waals surface area contributed by atoms with E-state index in [1.165, 1.54) is 27.7 Å². The fourth-order valence-electron chi connectivity index (χ4n) is 9.76. The van der Waals surface area contributed by atoms with Gasteiger partial charge in [-0.25, -0.2) is 23.6 Å². The zero-order valence-electron chi connectivity index (χ0n) is 60.0. The molecule has 3 heterocycles. The van der Waals surface area contributed by atoms with Gasteiger partial charge in [-0.3, -0.25) is 33.6 Å². The van der Waals surface area contributed by atoms with Gasteiger partial charge in [0.05, 0.1) is 58.8 Å². The first-order valence-electron chi connectivity index (χ1n) is 31.8. The molecule has 0 saturated carbocycles. The number of carbonyl (C=O) groups is 9. The van der Waals surface area contributed by atoms with Crippen molar-refractivity contribution in [1.29, 1.82) is 0 Å². The van der Waals surface area contributed by atoms with Crippen molar-refractivity contribution in [2.75, 3.05) is 35.8 Å². The molecule has 0 radical (unpaired) electrons. The second-order valence-corrected chi connectivity index (χ2v) is 23.0. The molecule has 12 N–H and O–H groups in total. The van der Waals surface area contributed by atoms with Crippen molar-refractivity contribution in [2.24, 2.45) is 5.73 Å². The SMILES string of the molecule is CC(=O)OC(C)=O.CC(=O)OC[C@H](N)C(=O)Nc1ccc2cnn(-c3cccc(C)c3)c2c1.CC(=O)OC[C@H](NC(=O)OCc1ccccc1)C(=O)Nc1ccc2cnn(-c3cccc(C)c3)c2c1.Cc1cccc(-n2ncc3ccc(NC(=O)[C@H](CO)NC(=O)OCc4ccccc4)cc32)c1.Cl.O.O.S.S.S.[Pd]. The summed E-state index contributed by atoms with van der Waals surface area (Å²) in [7, 11) is 0. The Morgan fingerprint density at radius 2 is 0.752 bits per heavy atom. The maximum absolute atomic E-state index is 13.0. The summed E-state index contributed by atoms with van der Waals surface area (Å²) >= 11 is 0. The van der Waals surface area contributed by atoms with E-state index in [1.807, 2.05) is 183 Å². The summed E-state index contributed by atoms with van der Waals surface area (Å²) in [6.45, 7) is 9.91. The first-order valence-corrected chi connectivity index (χ1v) is 31.8. The Balaban J connectivity index is 0.000000765. The van der Waals surface area contributed by atoms with Gasteiger partial charge in [-0.2, -0.15) is 55.8 Å². The van der Waals surface area contributed by atoms with Crippen molar-refractivity contribution in [3.05, 3.63) is 234 Å². The summed E-state index contributed by atoms with van der Waals surface area (Å²) in [5.41, 5.74) is 17.5. The average Bonchev–Trinajstić information content (AvgIpc) is 1.68. The van der Waals surface area contributed by atoms with E-state index in [1.54, 1.807) is 58.3 Å². The van der Waals surface area contributed by atoms with Crippen LogP contribution in [0.15, 0.2) is 207 Å². The molecular formula is C75H87ClN12O17PdS3. The van der Waals surface area contributed by atoms with Gasteiger partial charge >= 0.3 is 36.1 Å². The zero-order chi connectivity index (χ0) is 73.2. The Kier molecular flexibility index (Phi) is 42.0. The van der Waals surface area contributed by atoms with Gasteiger partial charge in [-0.05, 0) is 140 Å². The number of aromatic nitrogens is 6. The van der Waals surface area contributed by atoms with Crippen molar-refractivity contribution in [3.8, 4) is 17.1 Å². The minimum Gasteiger partial charge on any atom is -0.464 e. The van der Waals surface area contributed by atoms with Gasteiger partial charge in [0.25, 0.3) is 5.91 Å². The molecule has 0 aliphatic rings. The summed E-state index contributed by atoms with van der Waals surface area (Å²) < 4.78 is 29.5. The maximum Gasteiger partial charge on any atom is 0.408 e. The number of rotatable bonds is 20. The fraction of sp³-hybridized carbons (Fsp3) is 0.200. The van der Waals surface area contributed by atoms with E-state index < -0.39 is 78.5 Å². The third-order valence-corrected chi connectivity index (χ3v) is 14.6. The zero-order valence-corrected chi connectivity index (χ0v) is 65.4. The number of esters is 4. The number of ether oxygens (including phenoxy) is 5. The number of hydrogen-bond acceptors (Lipinski definition) is 19. The molecule has 11 rings (SSSR count). The van der Waals surface area contributed by atoms with Gasteiger partial charge in [0.2, 0.25) is 11.8 Å². The molecular weight excluding hydrogens is 1580 g/mol. The molecule has 0 fully saturated rings.